The SMILES string of the molecule is CC(C)c1ccccc1-n1c(SCC(=O)N[C@@H]2CCS(=O)(=O)C2)nnc1-c1ccc(Cl)cc1. The lowest BCUT2D eigenvalue weighted by Crippen LogP contribution is -2.36. The maximum Gasteiger partial charge on any atom is 0.230 e. The van der Waals surface area contributed by atoms with Crippen molar-refractivity contribution in [2.45, 2.75) is 37.4 Å². The number of thioether (sulfide) groups is 1. The summed E-state index contributed by atoms with van der Waals surface area (Å²) in [6.07, 6.45) is 0.456. The van der Waals surface area contributed by atoms with Crippen molar-refractivity contribution in [3.05, 3.63) is 59.1 Å². The quantitative estimate of drug-likeness (QED) is 0.487. The Kier molecular flexibility index (Phi) is 7.11. The minimum atomic E-state index is -3.05. The number of hydrogen-bond acceptors (Lipinski definition) is 6. The molecule has 2 aromatic carbocycles. The van der Waals surface area contributed by atoms with Gasteiger partial charge in [0, 0.05) is 16.6 Å². The Balaban J connectivity index is 1.63. The average Bonchev–Trinajstić information content (AvgIpc) is 3.35. The van der Waals surface area contributed by atoms with E-state index in [1.807, 2.05) is 34.9 Å². The number of benzene rings is 2. The molecule has 1 aromatic heterocycles. The Morgan fingerprint density at radius 1 is 1.18 bits per heavy atom. The van der Waals surface area contributed by atoms with Gasteiger partial charge >= 0.3 is 0 Å². The van der Waals surface area contributed by atoms with Crippen molar-refractivity contribution in [2.24, 2.45) is 0 Å². The second-order valence-corrected chi connectivity index (χ2v) is 11.9. The molecule has 0 spiro atoms. The highest BCUT2D eigenvalue weighted by Gasteiger charge is 2.29. The molecule has 1 fully saturated rings. The molecule has 174 valence electrons. The molecule has 7 nitrogen and oxygen atoms in total. The van der Waals surface area contributed by atoms with E-state index >= 15 is 0 Å². The van der Waals surface area contributed by atoms with Crippen molar-refractivity contribution >= 4 is 39.1 Å². The molecule has 0 unspecified atom stereocenters. The molecule has 10 heteroatoms. The fourth-order valence-corrected chi connectivity index (χ4v) is 6.41. The number of nitrogens with one attached hydrogen (secondary N) is 1. The van der Waals surface area contributed by atoms with Crippen molar-refractivity contribution in [1.29, 1.82) is 0 Å². The Morgan fingerprint density at radius 3 is 2.58 bits per heavy atom. The van der Waals surface area contributed by atoms with Crippen molar-refractivity contribution in [1.82, 2.24) is 20.1 Å². The molecule has 1 amide bonds. The molecular weight excluding hydrogens is 480 g/mol. The fraction of sp³-hybridized carbons (Fsp3) is 0.348. The molecule has 1 N–H and O–H groups in total. The molecule has 0 aliphatic carbocycles. The molecule has 3 aromatic rings. The van der Waals surface area contributed by atoms with Crippen LogP contribution in [0.25, 0.3) is 17.1 Å². The normalized spacial score (nSPS) is 17.4. The highest BCUT2D eigenvalue weighted by molar-refractivity contribution is 7.99. The maximum absolute atomic E-state index is 12.5. The summed E-state index contributed by atoms with van der Waals surface area (Å²) in [5.74, 6) is 0.940. The van der Waals surface area contributed by atoms with Gasteiger partial charge < -0.3 is 5.32 Å². The van der Waals surface area contributed by atoms with Crippen molar-refractivity contribution in [3.63, 3.8) is 0 Å². The van der Waals surface area contributed by atoms with Gasteiger partial charge in [0.15, 0.2) is 20.8 Å². The summed E-state index contributed by atoms with van der Waals surface area (Å²) < 4.78 is 25.3. The summed E-state index contributed by atoms with van der Waals surface area (Å²) in [5, 5.41) is 12.9. The molecule has 0 radical (unpaired) electrons. The van der Waals surface area contributed by atoms with Crippen molar-refractivity contribution < 1.29 is 13.2 Å². The van der Waals surface area contributed by atoms with Gasteiger partial charge in [-0.15, -0.1) is 10.2 Å². The molecule has 4 rings (SSSR count). The fourth-order valence-electron chi connectivity index (χ4n) is 3.85. The standard InChI is InChI=1S/C23H25ClN4O3S2/c1-15(2)19-5-3-4-6-20(19)28-22(16-7-9-17(24)10-8-16)26-27-23(28)32-13-21(29)25-18-11-12-33(30,31)14-18/h3-10,15,18H,11-14H2,1-2H3,(H,25,29)/t18-/m1/s1. The third-order valence-corrected chi connectivity index (χ3v) is 8.41. The predicted molar refractivity (Wildman–Crippen MR) is 132 cm³/mol. The van der Waals surface area contributed by atoms with E-state index in [0.29, 0.717) is 22.4 Å². The van der Waals surface area contributed by atoms with E-state index in [1.54, 1.807) is 12.1 Å². The largest absolute Gasteiger partial charge is 0.352 e. The number of carbonyl (C=O) groups is 1. The van der Waals surface area contributed by atoms with Gasteiger partial charge in [0.1, 0.15) is 0 Å². The first-order valence-corrected chi connectivity index (χ1v) is 13.9. The second-order valence-electron chi connectivity index (χ2n) is 8.32. The molecule has 2 heterocycles. The lowest BCUT2D eigenvalue weighted by Gasteiger charge is -2.17. The van der Waals surface area contributed by atoms with Gasteiger partial charge in [-0.1, -0.05) is 55.4 Å². The zero-order valence-electron chi connectivity index (χ0n) is 18.4. The van der Waals surface area contributed by atoms with Gasteiger partial charge in [0.2, 0.25) is 5.91 Å². The summed E-state index contributed by atoms with van der Waals surface area (Å²) in [6.45, 7) is 4.25. The van der Waals surface area contributed by atoms with E-state index < -0.39 is 9.84 Å². The molecule has 1 aliphatic heterocycles. The minimum absolute atomic E-state index is 0.00205. The van der Waals surface area contributed by atoms with E-state index in [0.717, 1.165) is 16.8 Å². The second kappa shape index (κ2) is 9.87. The Morgan fingerprint density at radius 2 is 1.91 bits per heavy atom. The highest BCUT2D eigenvalue weighted by Crippen LogP contribution is 2.32. The highest BCUT2D eigenvalue weighted by atomic mass is 35.5. The van der Waals surface area contributed by atoms with Crippen LogP contribution in [0.4, 0.5) is 0 Å². The Bertz CT molecular complexity index is 1260. The number of sulfone groups is 1. The van der Waals surface area contributed by atoms with Crippen LogP contribution in [0.2, 0.25) is 5.02 Å². The summed E-state index contributed by atoms with van der Waals surface area (Å²) in [4.78, 5) is 12.5. The van der Waals surface area contributed by atoms with Crippen LogP contribution < -0.4 is 5.32 Å². The first kappa shape index (κ1) is 23.8. The lowest BCUT2D eigenvalue weighted by molar-refractivity contribution is -0.119. The van der Waals surface area contributed by atoms with E-state index in [2.05, 4.69) is 35.4 Å². The molecule has 1 atom stereocenters. The molecule has 33 heavy (non-hydrogen) atoms. The van der Waals surface area contributed by atoms with Gasteiger partial charge in [-0.25, -0.2) is 8.42 Å². The van der Waals surface area contributed by atoms with Gasteiger partial charge in [-0.3, -0.25) is 9.36 Å². The number of nitrogens with zero attached hydrogens (tertiary/aromatic N) is 3. The summed E-state index contributed by atoms with van der Waals surface area (Å²) in [7, 11) is -3.05. The van der Waals surface area contributed by atoms with Crippen LogP contribution in [-0.4, -0.2) is 52.4 Å². The zero-order chi connectivity index (χ0) is 23.6. The van der Waals surface area contributed by atoms with Crippen LogP contribution in [-0.2, 0) is 14.6 Å². The van der Waals surface area contributed by atoms with Gasteiger partial charge in [-0.05, 0) is 48.2 Å². The molecule has 0 saturated carbocycles. The topological polar surface area (TPSA) is 94.0 Å². The minimum Gasteiger partial charge on any atom is -0.352 e. The van der Waals surface area contributed by atoms with E-state index in [4.69, 9.17) is 11.6 Å². The number of rotatable bonds is 7. The number of para-hydroxylation sites is 1. The smallest absolute Gasteiger partial charge is 0.230 e. The van der Waals surface area contributed by atoms with E-state index in [-0.39, 0.29) is 35.1 Å². The van der Waals surface area contributed by atoms with Crippen LogP contribution in [0, 0.1) is 0 Å². The summed E-state index contributed by atoms with van der Waals surface area (Å²) in [6, 6.07) is 15.1. The number of carbonyl (C=O) groups excluding carboxylic acids is 1. The maximum atomic E-state index is 12.5. The van der Waals surface area contributed by atoms with E-state index in [9.17, 15) is 13.2 Å². The van der Waals surface area contributed by atoms with Crippen LogP contribution in [0.3, 0.4) is 0 Å². The molecule has 0 bridgehead atoms. The number of amides is 1. The first-order chi connectivity index (χ1) is 15.7. The predicted octanol–water partition coefficient (Wildman–Crippen LogP) is 4.11. The van der Waals surface area contributed by atoms with Crippen molar-refractivity contribution in [2.75, 3.05) is 17.3 Å². The average molecular weight is 505 g/mol. The van der Waals surface area contributed by atoms with Gasteiger partial charge in [0.05, 0.1) is 22.9 Å². The van der Waals surface area contributed by atoms with Crippen LogP contribution >= 0.6 is 23.4 Å². The third-order valence-electron chi connectivity index (χ3n) is 5.47. The third kappa shape index (κ3) is 5.59. The molecule has 1 aliphatic rings. The van der Waals surface area contributed by atoms with Crippen LogP contribution in [0.15, 0.2) is 53.7 Å². The first-order valence-electron chi connectivity index (χ1n) is 10.7. The molecule has 1 saturated heterocycles. The van der Waals surface area contributed by atoms with Crippen LogP contribution in [0.5, 0.6) is 0 Å². The van der Waals surface area contributed by atoms with Gasteiger partial charge in [-0.2, -0.15) is 0 Å². The molecular formula is C23H25ClN4O3S2. The summed E-state index contributed by atoms with van der Waals surface area (Å²) in [5.41, 5.74) is 2.94. The van der Waals surface area contributed by atoms with Gasteiger partial charge in [0.25, 0.3) is 0 Å². The number of aromatic nitrogens is 3. The van der Waals surface area contributed by atoms with Crippen LogP contribution in [0.1, 0.15) is 31.7 Å². The van der Waals surface area contributed by atoms with Crippen molar-refractivity contribution in [3.8, 4) is 17.1 Å². The number of halogens is 1. The number of hydrogen-bond donors (Lipinski definition) is 1. The Labute approximate surface area is 202 Å². The van der Waals surface area contributed by atoms with E-state index in [1.165, 1.54) is 11.8 Å². The monoisotopic (exact) mass is 504 g/mol. The lowest BCUT2D eigenvalue weighted by atomic mass is 10.0. The summed E-state index contributed by atoms with van der Waals surface area (Å²) >= 11 is 7.35. The zero-order valence-corrected chi connectivity index (χ0v) is 20.8. The Hall–Kier alpha value is -2.36.